The smallest absolute Gasteiger partial charge is 0.0577 e. The molecule has 0 aromatic heterocycles. The van der Waals surface area contributed by atoms with E-state index in [1.165, 1.54) is 0 Å². The molecule has 0 rings (SSSR count). The molecule has 0 bridgehead atoms. The Bertz CT molecular complexity index is 117. The van der Waals surface area contributed by atoms with Gasteiger partial charge in [0, 0.05) is 35.5 Å². The van der Waals surface area contributed by atoms with E-state index in [0.29, 0.717) is 18.1 Å². The highest BCUT2D eigenvalue weighted by molar-refractivity contribution is 7.84. The molecule has 68 valence electrons. The van der Waals surface area contributed by atoms with Gasteiger partial charge in [-0.15, -0.1) is 0 Å². The van der Waals surface area contributed by atoms with Crippen LogP contribution < -0.4 is 5.73 Å². The van der Waals surface area contributed by atoms with E-state index >= 15 is 0 Å². The van der Waals surface area contributed by atoms with E-state index in [4.69, 9.17) is 10.5 Å². The van der Waals surface area contributed by atoms with Gasteiger partial charge in [-0.3, -0.25) is 4.21 Å². The van der Waals surface area contributed by atoms with Crippen molar-refractivity contribution in [3.05, 3.63) is 0 Å². The monoisotopic (exact) mass is 179 g/mol. The third kappa shape index (κ3) is 7.97. The van der Waals surface area contributed by atoms with E-state index in [1.54, 1.807) is 7.11 Å². The Labute approximate surface area is 70.8 Å². The summed E-state index contributed by atoms with van der Waals surface area (Å²) in [6.45, 7) is 2.50. The van der Waals surface area contributed by atoms with Gasteiger partial charge in [-0.05, 0) is 13.3 Å². The van der Waals surface area contributed by atoms with Crippen LogP contribution in [0.4, 0.5) is 0 Å². The van der Waals surface area contributed by atoms with Crippen LogP contribution in [-0.4, -0.2) is 35.5 Å². The van der Waals surface area contributed by atoms with Crippen molar-refractivity contribution in [1.29, 1.82) is 0 Å². The van der Waals surface area contributed by atoms with Gasteiger partial charge in [-0.25, -0.2) is 0 Å². The van der Waals surface area contributed by atoms with Crippen molar-refractivity contribution in [3.8, 4) is 0 Å². The molecule has 2 atom stereocenters. The molecule has 3 nitrogen and oxygen atoms in total. The van der Waals surface area contributed by atoms with Crippen molar-refractivity contribution in [2.45, 2.75) is 19.4 Å². The molecule has 0 aromatic carbocycles. The van der Waals surface area contributed by atoms with Crippen molar-refractivity contribution in [2.24, 2.45) is 5.73 Å². The highest BCUT2D eigenvalue weighted by Gasteiger charge is 2.00. The van der Waals surface area contributed by atoms with Gasteiger partial charge in [0.15, 0.2) is 0 Å². The van der Waals surface area contributed by atoms with Gasteiger partial charge in [-0.1, -0.05) is 0 Å². The third-order valence-electron chi connectivity index (χ3n) is 1.32. The summed E-state index contributed by atoms with van der Waals surface area (Å²) in [5.74, 6) is 1.32. The molecule has 0 aliphatic heterocycles. The normalized spacial score (nSPS) is 16.3. The van der Waals surface area contributed by atoms with E-state index in [9.17, 15) is 4.21 Å². The maximum atomic E-state index is 11.1. The van der Waals surface area contributed by atoms with Crippen molar-refractivity contribution >= 4 is 10.8 Å². The van der Waals surface area contributed by atoms with Crippen LogP contribution in [0.5, 0.6) is 0 Å². The fourth-order valence-electron chi connectivity index (χ4n) is 0.596. The third-order valence-corrected chi connectivity index (χ3v) is 2.63. The van der Waals surface area contributed by atoms with Crippen LogP contribution in [0.3, 0.4) is 0 Å². The fourth-order valence-corrected chi connectivity index (χ4v) is 1.79. The van der Waals surface area contributed by atoms with Crippen molar-refractivity contribution in [1.82, 2.24) is 0 Å². The van der Waals surface area contributed by atoms with Crippen molar-refractivity contribution in [3.63, 3.8) is 0 Å². The molecular formula is C7H17NO2S. The molecule has 0 amide bonds. The van der Waals surface area contributed by atoms with E-state index < -0.39 is 10.8 Å². The minimum Gasteiger partial charge on any atom is -0.384 e. The first-order chi connectivity index (χ1) is 5.16. The minimum atomic E-state index is -0.745. The van der Waals surface area contributed by atoms with Gasteiger partial charge >= 0.3 is 0 Å². The second-order valence-electron chi connectivity index (χ2n) is 2.61. The Hall–Kier alpha value is 0.0700. The average Bonchev–Trinajstić information content (AvgIpc) is 1.97. The van der Waals surface area contributed by atoms with E-state index in [0.717, 1.165) is 6.42 Å². The summed E-state index contributed by atoms with van der Waals surface area (Å²) in [6.07, 6.45) is 0.830. The standard InChI is InChI=1S/C7H17NO2S/c1-7(8)3-5-11(9)6-4-10-2/h7H,3-6,8H2,1-2H3. The predicted octanol–water partition coefficient (Wildman–Crippen LogP) is 0.119. The Morgan fingerprint density at radius 1 is 1.55 bits per heavy atom. The Morgan fingerprint density at radius 2 is 2.18 bits per heavy atom. The number of rotatable bonds is 6. The zero-order chi connectivity index (χ0) is 8.69. The molecule has 2 N–H and O–H groups in total. The zero-order valence-electron chi connectivity index (χ0n) is 7.21. The van der Waals surface area contributed by atoms with Gasteiger partial charge in [0.25, 0.3) is 0 Å². The molecule has 0 heterocycles. The molecule has 11 heavy (non-hydrogen) atoms. The van der Waals surface area contributed by atoms with Crippen LogP contribution in [0, 0.1) is 0 Å². The number of methoxy groups -OCH3 is 1. The molecular weight excluding hydrogens is 162 g/mol. The number of hydrogen-bond acceptors (Lipinski definition) is 3. The molecule has 2 unspecified atom stereocenters. The summed E-state index contributed by atoms with van der Waals surface area (Å²) < 4.78 is 15.9. The van der Waals surface area contributed by atoms with E-state index in [1.807, 2.05) is 6.92 Å². The number of ether oxygens (including phenoxy) is 1. The quantitative estimate of drug-likeness (QED) is 0.630. The Morgan fingerprint density at radius 3 is 2.64 bits per heavy atom. The first kappa shape index (κ1) is 11.1. The van der Waals surface area contributed by atoms with Crippen LogP contribution in [0.15, 0.2) is 0 Å². The lowest BCUT2D eigenvalue weighted by atomic mass is 10.3. The second kappa shape index (κ2) is 6.76. The largest absolute Gasteiger partial charge is 0.384 e. The van der Waals surface area contributed by atoms with Gasteiger partial charge in [-0.2, -0.15) is 0 Å². The summed E-state index contributed by atoms with van der Waals surface area (Å²) in [4.78, 5) is 0. The maximum absolute atomic E-state index is 11.1. The van der Waals surface area contributed by atoms with Crippen molar-refractivity contribution in [2.75, 3.05) is 25.2 Å². The lowest BCUT2D eigenvalue weighted by Gasteiger charge is -2.03. The Kier molecular flexibility index (Phi) is 6.80. The first-order valence-corrected chi connectivity index (χ1v) is 5.25. The van der Waals surface area contributed by atoms with Crippen LogP contribution in [0.1, 0.15) is 13.3 Å². The van der Waals surface area contributed by atoms with Crippen LogP contribution in [0.25, 0.3) is 0 Å². The first-order valence-electron chi connectivity index (χ1n) is 3.76. The minimum absolute atomic E-state index is 0.154. The molecule has 0 aliphatic carbocycles. The molecule has 0 saturated heterocycles. The van der Waals surface area contributed by atoms with E-state index in [2.05, 4.69) is 0 Å². The predicted molar refractivity (Wildman–Crippen MR) is 48.0 cm³/mol. The Balaban J connectivity index is 3.23. The fraction of sp³-hybridized carbons (Fsp3) is 1.00. The zero-order valence-corrected chi connectivity index (χ0v) is 8.02. The molecule has 0 radical (unpaired) electrons. The molecule has 0 aromatic rings. The van der Waals surface area contributed by atoms with Gasteiger partial charge < -0.3 is 10.5 Å². The topological polar surface area (TPSA) is 52.3 Å². The van der Waals surface area contributed by atoms with E-state index in [-0.39, 0.29) is 6.04 Å². The lowest BCUT2D eigenvalue weighted by molar-refractivity contribution is 0.218. The van der Waals surface area contributed by atoms with Gasteiger partial charge in [0.1, 0.15) is 0 Å². The van der Waals surface area contributed by atoms with Crippen molar-refractivity contribution < 1.29 is 8.95 Å². The summed E-state index contributed by atoms with van der Waals surface area (Å²) in [6, 6.07) is 0.154. The summed E-state index contributed by atoms with van der Waals surface area (Å²) in [5.41, 5.74) is 5.50. The summed E-state index contributed by atoms with van der Waals surface area (Å²) in [5, 5.41) is 0. The molecule has 0 aliphatic rings. The van der Waals surface area contributed by atoms with Crippen LogP contribution >= 0.6 is 0 Å². The molecule has 0 fully saturated rings. The molecule has 0 spiro atoms. The molecule has 4 heteroatoms. The summed E-state index contributed by atoms with van der Waals surface area (Å²) >= 11 is 0. The van der Waals surface area contributed by atoms with Crippen LogP contribution in [-0.2, 0) is 15.5 Å². The average molecular weight is 179 g/mol. The highest BCUT2D eigenvalue weighted by atomic mass is 32.2. The lowest BCUT2D eigenvalue weighted by Crippen LogP contribution is -2.19. The van der Waals surface area contributed by atoms with Gasteiger partial charge in [0.05, 0.1) is 6.61 Å². The summed E-state index contributed by atoms with van der Waals surface area (Å²) in [7, 11) is 0.868. The maximum Gasteiger partial charge on any atom is 0.0577 e. The second-order valence-corrected chi connectivity index (χ2v) is 4.30. The SMILES string of the molecule is COCCS(=O)CCC(C)N. The van der Waals surface area contributed by atoms with Gasteiger partial charge in [0.2, 0.25) is 0 Å². The number of nitrogens with two attached hydrogens (primary N) is 1. The molecule has 0 saturated carbocycles. The number of hydrogen-bond donors (Lipinski definition) is 1. The van der Waals surface area contributed by atoms with Crippen LogP contribution in [0.2, 0.25) is 0 Å². The highest BCUT2D eigenvalue weighted by Crippen LogP contribution is 1.91.